The fourth-order valence-corrected chi connectivity index (χ4v) is 6.34. The lowest BCUT2D eigenvalue weighted by Gasteiger charge is -2.03. The molecule has 0 atom stereocenters. The van der Waals surface area contributed by atoms with Crippen LogP contribution in [-0.4, -0.2) is 9.97 Å². The fourth-order valence-electron chi connectivity index (χ4n) is 4.43. The van der Waals surface area contributed by atoms with Gasteiger partial charge in [0.25, 0.3) is 0 Å². The molecule has 0 N–H and O–H groups in total. The molecule has 0 unspecified atom stereocenters. The second kappa shape index (κ2) is 15.6. The van der Waals surface area contributed by atoms with E-state index in [0.717, 1.165) is 22.5 Å². The molecule has 0 aromatic carbocycles. The van der Waals surface area contributed by atoms with Crippen LogP contribution in [0.25, 0.3) is 35.7 Å². The summed E-state index contributed by atoms with van der Waals surface area (Å²) in [4.78, 5) is 14.8. The van der Waals surface area contributed by atoms with E-state index in [2.05, 4.69) is 96.7 Å². The number of aryl methyl sites for hydroxylation is 2. The van der Waals surface area contributed by atoms with E-state index >= 15 is 0 Å². The van der Waals surface area contributed by atoms with Crippen LogP contribution in [0.5, 0.6) is 0 Å². The van der Waals surface area contributed by atoms with E-state index in [0.29, 0.717) is 0 Å². The first-order chi connectivity index (χ1) is 18.7. The average Bonchev–Trinajstić information content (AvgIpc) is 3.61. The van der Waals surface area contributed by atoms with Crippen molar-refractivity contribution in [2.75, 3.05) is 0 Å². The van der Waals surface area contributed by atoms with E-state index in [1.807, 2.05) is 35.1 Å². The molecule has 0 aliphatic heterocycles. The molecule has 0 bridgehead atoms. The molecular weight excluding hydrogens is 501 g/mol. The predicted octanol–water partition coefficient (Wildman–Crippen LogP) is 10.9. The Morgan fingerprint density at radius 3 is 1.47 bits per heavy atom. The van der Waals surface area contributed by atoms with Crippen molar-refractivity contribution in [2.45, 2.75) is 78.1 Å². The van der Waals surface area contributed by atoms with Crippen molar-refractivity contribution >= 4 is 47.0 Å². The highest BCUT2D eigenvalue weighted by Gasteiger charge is 2.04. The first-order valence-electron chi connectivity index (χ1n) is 14.2. The van der Waals surface area contributed by atoms with Gasteiger partial charge in [0.1, 0.15) is 0 Å². The van der Waals surface area contributed by atoms with Crippen LogP contribution in [0.4, 0.5) is 0 Å². The molecule has 38 heavy (non-hydrogen) atoms. The quantitative estimate of drug-likeness (QED) is 0.140. The summed E-state index contributed by atoms with van der Waals surface area (Å²) in [6, 6.07) is 17.4. The molecule has 198 valence electrons. The van der Waals surface area contributed by atoms with Gasteiger partial charge < -0.3 is 0 Å². The van der Waals surface area contributed by atoms with E-state index in [9.17, 15) is 0 Å². The number of thiophene rings is 2. The SMILES string of the molecule is CCCCCCc1ccc(/C=C/c2ccnc(-c3cc(/C=C/c4ccc(CCCCCC)s4)ccn3)c2)s1. The summed E-state index contributed by atoms with van der Waals surface area (Å²) in [5.74, 6) is 0. The molecule has 0 spiro atoms. The molecule has 2 nitrogen and oxygen atoms in total. The molecule has 0 aliphatic rings. The van der Waals surface area contributed by atoms with Crippen molar-refractivity contribution in [1.29, 1.82) is 0 Å². The topological polar surface area (TPSA) is 25.8 Å². The predicted molar refractivity (Wildman–Crippen MR) is 170 cm³/mol. The minimum Gasteiger partial charge on any atom is -0.255 e. The molecule has 4 aromatic rings. The van der Waals surface area contributed by atoms with Crippen molar-refractivity contribution in [3.63, 3.8) is 0 Å². The van der Waals surface area contributed by atoms with Crippen LogP contribution < -0.4 is 0 Å². The minimum atomic E-state index is 0.899. The monoisotopic (exact) mass is 540 g/mol. The number of nitrogens with zero attached hydrogens (tertiary/aromatic N) is 2. The largest absolute Gasteiger partial charge is 0.255 e. The Morgan fingerprint density at radius 1 is 0.553 bits per heavy atom. The number of pyridine rings is 2. The maximum atomic E-state index is 4.61. The molecule has 4 heterocycles. The summed E-state index contributed by atoms with van der Waals surface area (Å²) in [6.07, 6.45) is 25.4. The van der Waals surface area contributed by atoms with Crippen LogP contribution in [-0.2, 0) is 12.8 Å². The van der Waals surface area contributed by atoms with Crippen molar-refractivity contribution in [2.24, 2.45) is 0 Å². The molecule has 4 aromatic heterocycles. The van der Waals surface area contributed by atoms with E-state index in [1.54, 1.807) is 0 Å². The zero-order valence-corrected chi connectivity index (χ0v) is 24.5. The van der Waals surface area contributed by atoms with E-state index < -0.39 is 0 Å². The van der Waals surface area contributed by atoms with Crippen LogP contribution in [0.15, 0.2) is 60.9 Å². The number of rotatable bonds is 15. The van der Waals surface area contributed by atoms with Gasteiger partial charge in [-0.3, -0.25) is 9.97 Å². The number of unbranched alkanes of at least 4 members (excludes halogenated alkanes) is 6. The lowest BCUT2D eigenvalue weighted by Crippen LogP contribution is -1.88. The number of hydrogen-bond acceptors (Lipinski definition) is 4. The zero-order valence-electron chi connectivity index (χ0n) is 22.9. The van der Waals surface area contributed by atoms with Gasteiger partial charge in [-0.25, -0.2) is 0 Å². The summed E-state index contributed by atoms with van der Waals surface area (Å²) in [5, 5.41) is 0. The van der Waals surface area contributed by atoms with Gasteiger partial charge in [-0.2, -0.15) is 0 Å². The first kappa shape index (κ1) is 28.2. The van der Waals surface area contributed by atoms with Crippen LogP contribution in [0, 0.1) is 0 Å². The van der Waals surface area contributed by atoms with Crippen molar-refractivity contribution in [3.8, 4) is 11.4 Å². The standard InChI is InChI=1S/C34H40N2S2/c1-3-5-7-9-11-29-17-19-31(37-29)15-13-27-21-23-35-33(25-27)34-26-28(22-24-36-34)14-16-32-20-18-30(38-32)12-10-8-6-4-2/h13-26H,3-12H2,1-2H3/b15-13+,16-14+. The second-order valence-corrected chi connectivity index (χ2v) is 12.2. The third-order valence-electron chi connectivity index (χ3n) is 6.63. The normalized spacial score (nSPS) is 11.7. The lowest BCUT2D eigenvalue weighted by atomic mass is 10.1. The third-order valence-corrected chi connectivity index (χ3v) is 8.85. The smallest absolute Gasteiger partial charge is 0.0892 e. The maximum Gasteiger partial charge on any atom is 0.0892 e. The maximum absolute atomic E-state index is 4.61. The van der Waals surface area contributed by atoms with Crippen molar-refractivity contribution in [1.82, 2.24) is 9.97 Å². The van der Waals surface area contributed by atoms with Crippen molar-refractivity contribution < 1.29 is 0 Å². The Labute approximate surface area is 237 Å². The van der Waals surface area contributed by atoms with E-state index in [4.69, 9.17) is 0 Å². The molecule has 0 aliphatic carbocycles. The highest BCUT2D eigenvalue weighted by atomic mass is 32.1. The molecule has 0 saturated carbocycles. The molecule has 0 amide bonds. The van der Waals surface area contributed by atoms with Crippen LogP contribution in [0.3, 0.4) is 0 Å². The zero-order chi connectivity index (χ0) is 26.4. The molecule has 4 heteroatoms. The Kier molecular flexibility index (Phi) is 11.5. The molecule has 0 fully saturated rings. The molecule has 0 radical (unpaired) electrons. The van der Waals surface area contributed by atoms with Crippen LogP contribution in [0.2, 0.25) is 0 Å². The van der Waals surface area contributed by atoms with Gasteiger partial charge in [0.2, 0.25) is 0 Å². The van der Waals surface area contributed by atoms with Gasteiger partial charge in [0.05, 0.1) is 11.4 Å². The minimum absolute atomic E-state index is 0.899. The average molecular weight is 541 g/mol. The van der Waals surface area contributed by atoms with Gasteiger partial charge in [-0.15, -0.1) is 22.7 Å². The Bertz CT molecular complexity index is 1210. The molecular formula is C34H40N2S2. The van der Waals surface area contributed by atoms with Gasteiger partial charge >= 0.3 is 0 Å². The highest BCUT2D eigenvalue weighted by molar-refractivity contribution is 7.13. The Balaban J connectivity index is 1.36. The Hall–Kier alpha value is -2.82. The molecule has 4 rings (SSSR count). The van der Waals surface area contributed by atoms with Crippen molar-refractivity contribution in [3.05, 3.63) is 91.6 Å². The number of aromatic nitrogens is 2. The second-order valence-electron chi connectivity index (χ2n) is 9.84. The number of hydrogen-bond donors (Lipinski definition) is 0. The lowest BCUT2D eigenvalue weighted by molar-refractivity contribution is 0.670. The fraction of sp³-hybridized carbons (Fsp3) is 0.353. The molecule has 0 saturated heterocycles. The van der Waals surface area contributed by atoms with Gasteiger partial charge in [0, 0.05) is 31.9 Å². The van der Waals surface area contributed by atoms with Crippen LogP contribution in [0.1, 0.15) is 95.8 Å². The van der Waals surface area contributed by atoms with Crippen LogP contribution >= 0.6 is 22.7 Å². The summed E-state index contributed by atoms with van der Waals surface area (Å²) in [7, 11) is 0. The third kappa shape index (κ3) is 9.18. The summed E-state index contributed by atoms with van der Waals surface area (Å²) < 4.78 is 0. The van der Waals surface area contributed by atoms with Gasteiger partial charge in [-0.05, 0) is 97.5 Å². The van der Waals surface area contributed by atoms with E-state index in [-0.39, 0.29) is 0 Å². The summed E-state index contributed by atoms with van der Waals surface area (Å²) >= 11 is 3.80. The van der Waals surface area contributed by atoms with Gasteiger partial charge in [0.15, 0.2) is 0 Å². The Morgan fingerprint density at radius 2 is 1.03 bits per heavy atom. The first-order valence-corrected chi connectivity index (χ1v) is 15.8. The summed E-state index contributed by atoms with van der Waals surface area (Å²) in [6.45, 7) is 4.53. The highest BCUT2D eigenvalue weighted by Crippen LogP contribution is 2.24. The van der Waals surface area contributed by atoms with Gasteiger partial charge in [-0.1, -0.05) is 64.5 Å². The summed E-state index contributed by atoms with van der Waals surface area (Å²) in [5.41, 5.74) is 4.08. The van der Waals surface area contributed by atoms with E-state index in [1.165, 1.54) is 83.7 Å².